The summed E-state index contributed by atoms with van der Waals surface area (Å²) in [6, 6.07) is 4.33. The van der Waals surface area contributed by atoms with E-state index in [9.17, 15) is 5.11 Å². The van der Waals surface area contributed by atoms with Gasteiger partial charge in [-0.05, 0) is 41.4 Å². The van der Waals surface area contributed by atoms with Crippen molar-refractivity contribution in [3.05, 3.63) is 28.8 Å². The van der Waals surface area contributed by atoms with Crippen LogP contribution in [0.15, 0.2) is 12.1 Å². The lowest BCUT2D eigenvalue weighted by atomic mass is 9.73. The van der Waals surface area contributed by atoms with E-state index < -0.39 is 0 Å². The lowest BCUT2D eigenvalue weighted by Gasteiger charge is -2.32. The molecule has 0 saturated carbocycles. The van der Waals surface area contributed by atoms with Crippen LogP contribution in [0.2, 0.25) is 0 Å². The van der Waals surface area contributed by atoms with Gasteiger partial charge in [-0.3, -0.25) is 0 Å². The van der Waals surface area contributed by atoms with Gasteiger partial charge in [-0.25, -0.2) is 0 Å². The number of hydrogen-bond acceptors (Lipinski definition) is 2. The average molecular weight is 363 g/mol. The van der Waals surface area contributed by atoms with Crippen LogP contribution in [0.5, 0.6) is 5.75 Å². The normalized spacial score (nSPS) is 12.6. The zero-order valence-electron chi connectivity index (χ0n) is 18.4. The molecule has 0 aliphatic rings. The minimum atomic E-state index is -0.0305. The summed E-state index contributed by atoms with van der Waals surface area (Å²) in [5.41, 5.74) is 3.28. The number of rotatable bonds is 12. The molecule has 0 unspecified atom stereocenters. The van der Waals surface area contributed by atoms with Gasteiger partial charge in [0.2, 0.25) is 0 Å². The van der Waals surface area contributed by atoms with E-state index in [1.54, 1.807) is 7.11 Å². The maximum atomic E-state index is 11.2. The quantitative estimate of drug-likeness (QED) is 0.397. The van der Waals surface area contributed by atoms with E-state index in [1.807, 2.05) is 0 Å². The SMILES string of the molecule is CCCCCC(C)(C)c1cc(COC)cc(C(C)(C)CCCCC)c1O. The standard InChI is InChI=1S/C24H42O2/c1-8-10-12-14-23(3,4)20-16-19(18-26-7)17-21(22(20)25)24(5,6)15-13-11-9-2/h16-17,25H,8-15,18H2,1-7H3. The summed E-state index contributed by atoms with van der Waals surface area (Å²) >= 11 is 0. The first-order valence-electron chi connectivity index (χ1n) is 10.6. The van der Waals surface area contributed by atoms with Gasteiger partial charge in [0, 0.05) is 18.2 Å². The first-order chi connectivity index (χ1) is 12.2. The molecule has 0 heterocycles. The van der Waals surface area contributed by atoms with Crippen molar-refractivity contribution in [1.29, 1.82) is 0 Å². The summed E-state index contributed by atoms with van der Waals surface area (Å²) in [6.45, 7) is 14.1. The lowest BCUT2D eigenvalue weighted by Crippen LogP contribution is -2.22. The van der Waals surface area contributed by atoms with Crippen LogP contribution in [-0.2, 0) is 22.2 Å². The zero-order chi connectivity index (χ0) is 19.8. The Hall–Kier alpha value is -1.02. The van der Waals surface area contributed by atoms with Crippen LogP contribution in [-0.4, -0.2) is 12.2 Å². The van der Waals surface area contributed by atoms with Crippen molar-refractivity contribution in [3.63, 3.8) is 0 Å². The highest BCUT2D eigenvalue weighted by atomic mass is 16.5. The molecule has 0 radical (unpaired) electrons. The number of phenolic OH excluding ortho intramolecular Hbond substituents is 1. The fraction of sp³-hybridized carbons (Fsp3) is 0.750. The molecular formula is C24H42O2. The molecule has 0 amide bonds. The van der Waals surface area contributed by atoms with Crippen LogP contribution in [0, 0.1) is 0 Å². The Morgan fingerprint density at radius 3 is 1.58 bits per heavy atom. The van der Waals surface area contributed by atoms with Crippen LogP contribution in [0.3, 0.4) is 0 Å². The monoisotopic (exact) mass is 362 g/mol. The van der Waals surface area contributed by atoms with Gasteiger partial charge in [-0.2, -0.15) is 0 Å². The fourth-order valence-electron chi connectivity index (χ4n) is 3.88. The summed E-state index contributed by atoms with van der Waals surface area (Å²) in [5.74, 6) is 0.507. The fourth-order valence-corrected chi connectivity index (χ4v) is 3.88. The number of hydrogen-bond donors (Lipinski definition) is 1. The topological polar surface area (TPSA) is 29.5 Å². The van der Waals surface area contributed by atoms with E-state index >= 15 is 0 Å². The van der Waals surface area contributed by atoms with E-state index in [1.165, 1.54) is 44.1 Å². The molecule has 150 valence electrons. The van der Waals surface area contributed by atoms with Crippen molar-refractivity contribution in [2.45, 2.75) is 110 Å². The maximum Gasteiger partial charge on any atom is 0.123 e. The Morgan fingerprint density at radius 1 is 0.808 bits per heavy atom. The first kappa shape index (κ1) is 23.0. The molecule has 1 aromatic carbocycles. The van der Waals surface area contributed by atoms with Crippen molar-refractivity contribution in [2.75, 3.05) is 7.11 Å². The molecule has 0 saturated heterocycles. The van der Waals surface area contributed by atoms with Crippen molar-refractivity contribution < 1.29 is 9.84 Å². The van der Waals surface area contributed by atoms with Crippen molar-refractivity contribution in [3.8, 4) is 5.75 Å². The molecule has 0 aromatic heterocycles. The Bertz CT molecular complexity index is 500. The van der Waals surface area contributed by atoms with Crippen LogP contribution in [0.25, 0.3) is 0 Å². The Labute approximate surface area is 162 Å². The van der Waals surface area contributed by atoms with Gasteiger partial charge in [0.25, 0.3) is 0 Å². The van der Waals surface area contributed by atoms with Gasteiger partial charge in [-0.1, -0.05) is 80.1 Å². The van der Waals surface area contributed by atoms with Crippen LogP contribution in [0.1, 0.15) is 110 Å². The van der Waals surface area contributed by atoms with Gasteiger partial charge in [0.05, 0.1) is 6.61 Å². The number of ether oxygens (including phenoxy) is 1. The summed E-state index contributed by atoms with van der Waals surface area (Å²) in [5, 5.41) is 11.2. The Kier molecular flexibility index (Phi) is 9.16. The molecule has 2 nitrogen and oxygen atoms in total. The molecule has 2 heteroatoms. The number of aromatic hydroxyl groups is 1. The second-order valence-corrected chi connectivity index (χ2v) is 9.15. The van der Waals surface area contributed by atoms with Gasteiger partial charge < -0.3 is 9.84 Å². The summed E-state index contributed by atoms with van der Waals surface area (Å²) in [7, 11) is 1.74. The molecule has 0 atom stereocenters. The van der Waals surface area contributed by atoms with E-state index in [0.29, 0.717) is 12.4 Å². The molecule has 0 aliphatic heterocycles. The highest BCUT2D eigenvalue weighted by Crippen LogP contribution is 2.43. The highest BCUT2D eigenvalue weighted by Gasteiger charge is 2.31. The number of phenols is 1. The predicted molar refractivity (Wildman–Crippen MR) is 113 cm³/mol. The summed E-state index contributed by atoms with van der Waals surface area (Å²) in [6.07, 6.45) is 9.54. The smallest absolute Gasteiger partial charge is 0.123 e. The average Bonchev–Trinajstić information content (AvgIpc) is 2.56. The van der Waals surface area contributed by atoms with Crippen molar-refractivity contribution in [2.24, 2.45) is 0 Å². The molecule has 1 rings (SSSR count). The predicted octanol–water partition coefficient (Wildman–Crippen LogP) is 7.25. The molecule has 0 fully saturated rings. The summed E-state index contributed by atoms with van der Waals surface area (Å²) < 4.78 is 5.42. The molecule has 1 N–H and O–H groups in total. The van der Waals surface area contributed by atoms with Crippen LogP contribution in [0.4, 0.5) is 0 Å². The third-order valence-corrected chi connectivity index (χ3v) is 5.75. The van der Waals surface area contributed by atoms with Crippen molar-refractivity contribution in [1.82, 2.24) is 0 Å². The van der Waals surface area contributed by atoms with E-state index in [-0.39, 0.29) is 10.8 Å². The third-order valence-electron chi connectivity index (χ3n) is 5.75. The van der Waals surface area contributed by atoms with Crippen LogP contribution < -0.4 is 0 Å². The third kappa shape index (κ3) is 6.30. The van der Waals surface area contributed by atoms with Gasteiger partial charge in [0.15, 0.2) is 0 Å². The first-order valence-corrected chi connectivity index (χ1v) is 10.6. The molecule has 0 aliphatic carbocycles. The summed E-state index contributed by atoms with van der Waals surface area (Å²) in [4.78, 5) is 0. The number of unbranched alkanes of at least 4 members (excludes halogenated alkanes) is 4. The number of benzene rings is 1. The molecule has 0 spiro atoms. The number of methoxy groups -OCH3 is 1. The Morgan fingerprint density at radius 2 is 1.23 bits per heavy atom. The second kappa shape index (κ2) is 10.3. The van der Waals surface area contributed by atoms with E-state index in [2.05, 4.69) is 53.7 Å². The minimum Gasteiger partial charge on any atom is -0.507 e. The maximum absolute atomic E-state index is 11.2. The van der Waals surface area contributed by atoms with Gasteiger partial charge in [-0.15, -0.1) is 0 Å². The lowest BCUT2D eigenvalue weighted by molar-refractivity contribution is 0.184. The van der Waals surface area contributed by atoms with Gasteiger partial charge >= 0.3 is 0 Å². The van der Waals surface area contributed by atoms with Crippen LogP contribution >= 0.6 is 0 Å². The molecule has 0 bridgehead atoms. The van der Waals surface area contributed by atoms with E-state index in [0.717, 1.165) is 24.0 Å². The van der Waals surface area contributed by atoms with Crippen molar-refractivity contribution >= 4 is 0 Å². The van der Waals surface area contributed by atoms with E-state index in [4.69, 9.17) is 4.74 Å². The minimum absolute atomic E-state index is 0.0305. The van der Waals surface area contributed by atoms with Gasteiger partial charge in [0.1, 0.15) is 5.75 Å². The zero-order valence-corrected chi connectivity index (χ0v) is 18.4. The second-order valence-electron chi connectivity index (χ2n) is 9.15. The largest absolute Gasteiger partial charge is 0.507 e. The highest BCUT2D eigenvalue weighted by molar-refractivity contribution is 5.50. The Balaban J connectivity index is 3.28. The molecule has 26 heavy (non-hydrogen) atoms. The molecule has 1 aromatic rings. The molecular weight excluding hydrogens is 320 g/mol.